The summed E-state index contributed by atoms with van der Waals surface area (Å²) in [4.78, 5) is 12.3. The zero-order valence-corrected chi connectivity index (χ0v) is 12.0. The van der Waals surface area contributed by atoms with Gasteiger partial charge in [-0.3, -0.25) is 4.79 Å². The highest BCUT2D eigenvalue weighted by atomic mass is 16.2. The van der Waals surface area contributed by atoms with Crippen LogP contribution < -0.4 is 5.32 Å². The van der Waals surface area contributed by atoms with Gasteiger partial charge in [-0.2, -0.15) is 0 Å². The number of nitrogens with one attached hydrogen (secondary N) is 1. The van der Waals surface area contributed by atoms with Crippen LogP contribution in [0.5, 0.6) is 0 Å². The molecule has 2 nitrogen and oxygen atoms in total. The molecule has 1 N–H and O–H groups in total. The minimum atomic E-state index is -0.198. The fraction of sp³-hybridized carbons (Fsp3) is 0.938. The summed E-state index contributed by atoms with van der Waals surface area (Å²) >= 11 is 0. The predicted molar refractivity (Wildman–Crippen MR) is 73.0 cm³/mol. The molecule has 0 radical (unpaired) electrons. The highest BCUT2D eigenvalue weighted by Gasteiger charge is 2.54. The Kier molecular flexibility index (Phi) is 2.95. The maximum atomic E-state index is 12.3. The van der Waals surface area contributed by atoms with E-state index in [1.54, 1.807) is 0 Å². The first kappa shape index (κ1) is 12.5. The van der Waals surface area contributed by atoms with E-state index in [-0.39, 0.29) is 11.3 Å². The average molecular weight is 249 g/mol. The topological polar surface area (TPSA) is 29.1 Å². The van der Waals surface area contributed by atoms with Gasteiger partial charge in [0.1, 0.15) is 0 Å². The van der Waals surface area contributed by atoms with E-state index in [0.29, 0.717) is 6.04 Å². The van der Waals surface area contributed by atoms with Gasteiger partial charge < -0.3 is 5.32 Å². The molecule has 0 heterocycles. The van der Waals surface area contributed by atoms with Gasteiger partial charge in [0, 0.05) is 11.5 Å². The van der Waals surface area contributed by atoms with Crippen molar-refractivity contribution < 1.29 is 4.79 Å². The maximum Gasteiger partial charge on any atom is 0.225 e. The second-order valence-corrected chi connectivity index (χ2v) is 7.47. The minimum absolute atomic E-state index is 0.198. The third-order valence-corrected chi connectivity index (χ3v) is 6.24. The smallest absolute Gasteiger partial charge is 0.225 e. The third kappa shape index (κ3) is 1.80. The fourth-order valence-electron chi connectivity index (χ4n) is 4.76. The summed E-state index contributed by atoms with van der Waals surface area (Å²) in [5, 5.41) is 3.38. The lowest BCUT2D eigenvalue weighted by Crippen LogP contribution is -2.47. The van der Waals surface area contributed by atoms with Gasteiger partial charge in [-0.25, -0.2) is 0 Å². The molecule has 3 aliphatic rings. The molecule has 3 fully saturated rings. The lowest BCUT2D eigenvalue weighted by atomic mass is 9.78. The number of hydrogen-bond acceptors (Lipinski definition) is 1. The Morgan fingerprint density at radius 3 is 2.61 bits per heavy atom. The van der Waals surface area contributed by atoms with Crippen LogP contribution in [0.3, 0.4) is 0 Å². The number of carbonyl (C=O) groups is 1. The standard InChI is InChI=1S/C16H27NO/c1-4-16(2,3)15(18)17-14-9-10-8-13(14)12-7-5-6-11(10)12/h10-14H,4-9H2,1-3H3,(H,17,18). The van der Waals surface area contributed by atoms with Crippen LogP contribution in [0.25, 0.3) is 0 Å². The number of hydrogen-bond donors (Lipinski definition) is 1. The van der Waals surface area contributed by atoms with Crippen LogP contribution >= 0.6 is 0 Å². The van der Waals surface area contributed by atoms with Crippen molar-refractivity contribution >= 4 is 5.91 Å². The molecule has 2 bridgehead atoms. The molecule has 3 saturated carbocycles. The highest BCUT2D eigenvalue weighted by Crippen LogP contribution is 2.58. The van der Waals surface area contributed by atoms with E-state index < -0.39 is 0 Å². The zero-order valence-electron chi connectivity index (χ0n) is 12.0. The van der Waals surface area contributed by atoms with Gasteiger partial charge in [0.2, 0.25) is 5.91 Å². The van der Waals surface area contributed by atoms with Gasteiger partial charge in [-0.1, -0.05) is 27.2 Å². The Morgan fingerprint density at radius 1 is 1.17 bits per heavy atom. The Hall–Kier alpha value is -0.530. The van der Waals surface area contributed by atoms with E-state index in [4.69, 9.17) is 0 Å². The van der Waals surface area contributed by atoms with Crippen molar-refractivity contribution in [2.24, 2.45) is 29.1 Å². The molecule has 0 saturated heterocycles. The van der Waals surface area contributed by atoms with Crippen molar-refractivity contribution in [1.29, 1.82) is 0 Å². The number of rotatable bonds is 3. The normalized spacial score (nSPS) is 42.1. The first-order valence-electron chi connectivity index (χ1n) is 7.84. The van der Waals surface area contributed by atoms with E-state index in [1.807, 2.05) is 0 Å². The molecule has 0 spiro atoms. The van der Waals surface area contributed by atoms with Crippen molar-refractivity contribution in [2.45, 2.75) is 65.3 Å². The zero-order chi connectivity index (χ0) is 12.9. The Morgan fingerprint density at radius 2 is 1.89 bits per heavy atom. The summed E-state index contributed by atoms with van der Waals surface area (Å²) in [6, 6.07) is 0.493. The van der Waals surface area contributed by atoms with Crippen LogP contribution in [-0.4, -0.2) is 11.9 Å². The largest absolute Gasteiger partial charge is 0.353 e. The molecule has 1 amide bonds. The summed E-state index contributed by atoms with van der Waals surface area (Å²) in [6.45, 7) is 6.23. The molecule has 5 atom stereocenters. The van der Waals surface area contributed by atoms with Gasteiger partial charge in [-0.05, 0) is 55.8 Å². The van der Waals surface area contributed by atoms with Crippen molar-refractivity contribution in [3.63, 3.8) is 0 Å². The van der Waals surface area contributed by atoms with Gasteiger partial charge in [0.25, 0.3) is 0 Å². The van der Waals surface area contributed by atoms with Crippen LogP contribution in [0.1, 0.15) is 59.3 Å². The number of fused-ring (bicyclic) bond motifs is 5. The summed E-state index contributed by atoms with van der Waals surface area (Å²) in [5.41, 5.74) is -0.198. The van der Waals surface area contributed by atoms with Crippen LogP contribution in [0, 0.1) is 29.1 Å². The first-order chi connectivity index (χ1) is 8.53. The lowest BCUT2D eigenvalue weighted by Gasteiger charge is -2.34. The quantitative estimate of drug-likeness (QED) is 0.816. The Balaban J connectivity index is 1.65. The van der Waals surface area contributed by atoms with E-state index in [1.165, 1.54) is 32.1 Å². The summed E-state index contributed by atoms with van der Waals surface area (Å²) < 4.78 is 0. The van der Waals surface area contributed by atoms with Crippen LogP contribution in [0.4, 0.5) is 0 Å². The van der Waals surface area contributed by atoms with Crippen LogP contribution in [0.2, 0.25) is 0 Å². The van der Waals surface area contributed by atoms with Crippen molar-refractivity contribution in [1.82, 2.24) is 5.32 Å². The van der Waals surface area contributed by atoms with Crippen molar-refractivity contribution in [3.05, 3.63) is 0 Å². The molecule has 5 unspecified atom stereocenters. The Labute approximate surface area is 111 Å². The molecule has 3 aliphatic carbocycles. The fourth-order valence-corrected chi connectivity index (χ4v) is 4.76. The molecule has 2 heteroatoms. The van der Waals surface area contributed by atoms with E-state index in [2.05, 4.69) is 26.1 Å². The molecule has 3 rings (SSSR count). The van der Waals surface area contributed by atoms with Gasteiger partial charge >= 0.3 is 0 Å². The molecule has 102 valence electrons. The first-order valence-corrected chi connectivity index (χ1v) is 7.84. The monoisotopic (exact) mass is 249 g/mol. The average Bonchev–Trinajstić information content (AvgIpc) is 2.99. The molecule has 0 aromatic heterocycles. The van der Waals surface area contributed by atoms with Gasteiger partial charge in [-0.15, -0.1) is 0 Å². The SMILES string of the molecule is CCC(C)(C)C(=O)NC1CC2CC1C1CCCC21. The summed E-state index contributed by atoms with van der Waals surface area (Å²) in [7, 11) is 0. The third-order valence-electron chi connectivity index (χ3n) is 6.24. The maximum absolute atomic E-state index is 12.3. The van der Waals surface area contributed by atoms with Gasteiger partial charge in [0.05, 0.1) is 0 Å². The Bertz CT molecular complexity index is 349. The van der Waals surface area contributed by atoms with Crippen LogP contribution in [-0.2, 0) is 4.79 Å². The van der Waals surface area contributed by atoms with Crippen molar-refractivity contribution in [3.8, 4) is 0 Å². The molecule has 0 aromatic carbocycles. The van der Waals surface area contributed by atoms with E-state index in [0.717, 1.165) is 30.1 Å². The second-order valence-electron chi connectivity index (χ2n) is 7.47. The molecule has 18 heavy (non-hydrogen) atoms. The highest BCUT2D eigenvalue weighted by molar-refractivity contribution is 5.82. The van der Waals surface area contributed by atoms with E-state index in [9.17, 15) is 4.79 Å². The number of amides is 1. The predicted octanol–water partition coefficient (Wildman–Crippen LogP) is 3.36. The summed E-state index contributed by atoms with van der Waals surface area (Å²) in [6.07, 6.45) is 7.90. The second kappa shape index (κ2) is 4.25. The molecular formula is C16H27NO. The minimum Gasteiger partial charge on any atom is -0.353 e. The number of carbonyl (C=O) groups excluding carboxylic acids is 1. The molecule has 0 aromatic rings. The molecular weight excluding hydrogens is 222 g/mol. The summed E-state index contributed by atoms with van der Waals surface area (Å²) in [5.74, 6) is 3.97. The van der Waals surface area contributed by atoms with Crippen LogP contribution in [0.15, 0.2) is 0 Å². The lowest BCUT2D eigenvalue weighted by molar-refractivity contribution is -0.130. The van der Waals surface area contributed by atoms with Crippen molar-refractivity contribution in [2.75, 3.05) is 0 Å². The van der Waals surface area contributed by atoms with E-state index >= 15 is 0 Å². The van der Waals surface area contributed by atoms with Gasteiger partial charge in [0.15, 0.2) is 0 Å². The molecule has 0 aliphatic heterocycles.